The van der Waals surface area contributed by atoms with Crippen molar-refractivity contribution >= 4 is 9.47 Å². The third kappa shape index (κ3) is 3.97. The molecule has 1 unspecified atom stereocenters. The van der Waals surface area contributed by atoms with Crippen molar-refractivity contribution in [3.05, 3.63) is 12.3 Å². The number of rotatable bonds is 2. The first-order chi connectivity index (χ1) is 2.91. The van der Waals surface area contributed by atoms with Crippen LogP contribution in [0.3, 0.4) is 0 Å². The van der Waals surface area contributed by atoms with Crippen LogP contribution in [0.4, 0.5) is 0 Å². The van der Waals surface area contributed by atoms with E-state index in [0.29, 0.717) is 0 Å². The molecular weight excluding hydrogens is 95.0 g/mol. The van der Waals surface area contributed by atoms with E-state index in [9.17, 15) is 0 Å². The van der Waals surface area contributed by atoms with Gasteiger partial charge < -0.3 is 4.52 Å². The molecule has 0 heterocycles. The van der Waals surface area contributed by atoms with E-state index in [1.807, 2.05) is 6.08 Å². The highest BCUT2D eigenvalue weighted by Gasteiger charge is 1.58. The quantitative estimate of drug-likeness (QED) is 0.383. The number of hydrogen-bond acceptors (Lipinski definition) is 1. The normalized spacial score (nSPS) is 9.67. The van der Waals surface area contributed by atoms with Crippen LogP contribution in [-0.4, -0.2) is 0 Å². The standard InChI is InChI=1S/C4H9OP/c1-2-3-4-5-6/h3-4H,2,6H2,1H3. The zero-order valence-corrected chi connectivity index (χ0v) is 5.00. The van der Waals surface area contributed by atoms with Gasteiger partial charge >= 0.3 is 0 Å². The molecule has 2 heteroatoms. The summed E-state index contributed by atoms with van der Waals surface area (Å²) in [6.45, 7) is 2.06. The highest BCUT2D eigenvalue weighted by molar-refractivity contribution is 7.10. The number of allylic oxidation sites excluding steroid dienone is 1. The van der Waals surface area contributed by atoms with E-state index in [1.165, 1.54) is 0 Å². The molecule has 0 saturated heterocycles. The molecule has 6 heavy (non-hydrogen) atoms. The first-order valence-electron chi connectivity index (χ1n) is 1.92. The summed E-state index contributed by atoms with van der Waals surface area (Å²) in [5, 5.41) is 0. The lowest BCUT2D eigenvalue weighted by atomic mass is 10.5. The minimum atomic E-state index is 1.04. The second-order valence-electron chi connectivity index (χ2n) is 0.916. The van der Waals surface area contributed by atoms with Gasteiger partial charge in [-0.25, -0.2) is 0 Å². The summed E-state index contributed by atoms with van der Waals surface area (Å²) in [5.74, 6) is 0. The van der Waals surface area contributed by atoms with Crippen LogP contribution in [-0.2, 0) is 4.52 Å². The van der Waals surface area contributed by atoms with E-state index >= 15 is 0 Å². The van der Waals surface area contributed by atoms with E-state index in [-0.39, 0.29) is 0 Å². The topological polar surface area (TPSA) is 9.23 Å². The second-order valence-corrected chi connectivity index (χ2v) is 1.19. The third-order valence-electron chi connectivity index (χ3n) is 0.410. The van der Waals surface area contributed by atoms with Crippen LogP contribution in [0.25, 0.3) is 0 Å². The van der Waals surface area contributed by atoms with E-state index in [4.69, 9.17) is 0 Å². The van der Waals surface area contributed by atoms with Gasteiger partial charge in [-0.1, -0.05) is 6.92 Å². The molecule has 0 amide bonds. The van der Waals surface area contributed by atoms with Crippen LogP contribution in [0.5, 0.6) is 0 Å². The zero-order chi connectivity index (χ0) is 4.83. The summed E-state index contributed by atoms with van der Waals surface area (Å²) < 4.78 is 4.52. The van der Waals surface area contributed by atoms with E-state index in [0.717, 1.165) is 6.42 Å². The zero-order valence-electron chi connectivity index (χ0n) is 3.85. The van der Waals surface area contributed by atoms with Gasteiger partial charge in [-0.3, -0.25) is 0 Å². The Balaban J connectivity index is 2.73. The smallest absolute Gasteiger partial charge is 0.0821 e. The summed E-state index contributed by atoms with van der Waals surface area (Å²) in [4.78, 5) is 0. The van der Waals surface area contributed by atoms with Crippen molar-refractivity contribution in [2.24, 2.45) is 0 Å². The lowest BCUT2D eigenvalue weighted by Gasteiger charge is -1.79. The van der Waals surface area contributed by atoms with Crippen LogP contribution < -0.4 is 0 Å². The molecule has 0 fully saturated rings. The molecular formula is C4H9OP. The molecule has 36 valence electrons. The maximum absolute atomic E-state index is 4.52. The molecule has 0 bridgehead atoms. The number of hydrogen-bond donors (Lipinski definition) is 0. The molecule has 1 atom stereocenters. The van der Waals surface area contributed by atoms with Crippen molar-refractivity contribution in [1.82, 2.24) is 0 Å². The van der Waals surface area contributed by atoms with Gasteiger partial charge in [-0.2, -0.15) is 0 Å². The molecule has 0 aromatic heterocycles. The predicted molar refractivity (Wildman–Crippen MR) is 30.2 cm³/mol. The highest BCUT2D eigenvalue weighted by Crippen LogP contribution is 1.86. The molecule has 0 aliphatic heterocycles. The maximum Gasteiger partial charge on any atom is 0.0821 e. The van der Waals surface area contributed by atoms with Crippen molar-refractivity contribution < 1.29 is 4.52 Å². The molecule has 0 aromatic carbocycles. The Bertz CT molecular complexity index is 36.8. The summed E-state index contributed by atoms with van der Waals surface area (Å²) in [6.07, 6.45) is 4.62. The summed E-state index contributed by atoms with van der Waals surface area (Å²) in [5.41, 5.74) is 0. The summed E-state index contributed by atoms with van der Waals surface area (Å²) in [6, 6.07) is 0. The monoisotopic (exact) mass is 104 g/mol. The van der Waals surface area contributed by atoms with Gasteiger partial charge in [0.05, 0.1) is 15.7 Å². The van der Waals surface area contributed by atoms with Crippen molar-refractivity contribution in [3.63, 3.8) is 0 Å². The molecule has 1 nitrogen and oxygen atoms in total. The predicted octanol–water partition coefficient (Wildman–Crippen LogP) is 1.72. The third-order valence-corrected chi connectivity index (χ3v) is 0.568. The Labute approximate surface area is 40.7 Å². The van der Waals surface area contributed by atoms with E-state index in [1.54, 1.807) is 6.26 Å². The molecule has 0 spiro atoms. The molecule has 0 aliphatic carbocycles. The second kappa shape index (κ2) is 4.97. The van der Waals surface area contributed by atoms with Crippen LogP contribution in [0.1, 0.15) is 13.3 Å². The van der Waals surface area contributed by atoms with Gasteiger partial charge in [0.1, 0.15) is 0 Å². The minimum Gasteiger partial charge on any atom is -0.488 e. The van der Waals surface area contributed by atoms with Crippen LogP contribution in [0.2, 0.25) is 0 Å². The average Bonchev–Trinajstić information content (AvgIpc) is 1.61. The van der Waals surface area contributed by atoms with Crippen molar-refractivity contribution in [3.8, 4) is 0 Å². The SMILES string of the molecule is CCC=COP. The van der Waals surface area contributed by atoms with Gasteiger partial charge in [0.25, 0.3) is 0 Å². The fraction of sp³-hybridized carbons (Fsp3) is 0.500. The Morgan fingerprint density at radius 2 is 2.50 bits per heavy atom. The lowest BCUT2D eigenvalue weighted by molar-refractivity contribution is 0.562. The van der Waals surface area contributed by atoms with Gasteiger partial charge in [0.2, 0.25) is 0 Å². The van der Waals surface area contributed by atoms with E-state index < -0.39 is 0 Å². The van der Waals surface area contributed by atoms with Crippen LogP contribution >= 0.6 is 9.47 Å². The van der Waals surface area contributed by atoms with Crippen molar-refractivity contribution in [1.29, 1.82) is 0 Å². The van der Waals surface area contributed by atoms with Crippen molar-refractivity contribution in [2.45, 2.75) is 13.3 Å². The minimum absolute atomic E-state index is 1.04. The fourth-order valence-corrected chi connectivity index (χ4v) is 0.263. The Hall–Kier alpha value is -0.0300. The molecule has 0 aromatic rings. The van der Waals surface area contributed by atoms with Crippen LogP contribution in [0, 0.1) is 0 Å². The maximum atomic E-state index is 4.52. The fourth-order valence-electron chi connectivity index (χ4n) is 0.152. The molecule has 0 radical (unpaired) electrons. The molecule has 0 rings (SSSR count). The summed E-state index contributed by atoms with van der Waals surface area (Å²) in [7, 11) is 2.14. The van der Waals surface area contributed by atoms with Gasteiger partial charge in [-0.05, 0) is 12.5 Å². The van der Waals surface area contributed by atoms with Gasteiger partial charge in [0, 0.05) is 0 Å². The van der Waals surface area contributed by atoms with Gasteiger partial charge in [0.15, 0.2) is 0 Å². The molecule has 0 N–H and O–H groups in total. The van der Waals surface area contributed by atoms with Crippen molar-refractivity contribution in [2.75, 3.05) is 0 Å². The molecule has 0 saturated carbocycles. The Morgan fingerprint density at radius 3 is 2.67 bits per heavy atom. The lowest BCUT2D eigenvalue weighted by Crippen LogP contribution is -1.51. The Kier molecular flexibility index (Phi) is 4.95. The first-order valence-corrected chi connectivity index (χ1v) is 2.39. The largest absolute Gasteiger partial charge is 0.488 e. The highest BCUT2D eigenvalue weighted by atomic mass is 31.0. The van der Waals surface area contributed by atoms with E-state index in [2.05, 4.69) is 20.9 Å². The molecule has 0 aliphatic rings. The first kappa shape index (κ1) is 5.97. The Morgan fingerprint density at radius 1 is 1.83 bits per heavy atom. The summed E-state index contributed by atoms with van der Waals surface area (Å²) >= 11 is 0. The van der Waals surface area contributed by atoms with Crippen LogP contribution in [0.15, 0.2) is 12.3 Å². The average molecular weight is 104 g/mol. The van der Waals surface area contributed by atoms with Gasteiger partial charge in [-0.15, -0.1) is 0 Å².